The predicted octanol–water partition coefficient (Wildman–Crippen LogP) is 1.64. The van der Waals surface area contributed by atoms with Gasteiger partial charge in [-0.15, -0.1) is 5.10 Å². The highest BCUT2D eigenvalue weighted by Gasteiger charge is 2.24. The minimum Gasteiger partial charge on any atom is -0.352 e. The van der Waals surface area contributed by atoms with Crippen LogP contribution in [0.15, 0.2) is 24.5 Å². The van der Waals surface area contributed by atoms with Crippen LogP contribution in [0.2, 0.25) is 0 Å². The van der Waals surface area contributed by atoms with Crippen LogP contribution in [0.3, 0.4) is 0 Å². The van der Waals surface area contributed by atoms with Crippen LogP contribution in [-0.4, -0.2) is 75.6 Å². The molecule has 26 heavy (non-hydrogen) atoms. The maximum absolute atomic E-state index is 12.6. The number of carbonyl (C=O) groups excluding carboxylic acids is 1. The molecule has 2 saturated heterocycles. The van der Waals surface area contributed by atoms with Gasteiger partial charge in [0.25, 0.3) is 0 Å². The number of amides is 1. The summed E-state index contributed by atoms with van der Waals surface area (Å²) in [6.45, 7) is 7.88. The summed E-state index contributed by atoms with van der Waals surface area (Å²) in [7, 11) is 0. The molecule has 2 aliphatic heterocycles. The number of fused-ring (bicyclic) bond motifs is 1. The van der Waals surface area contributed by atoms with Crippen LogP contribution >= 0.6 is 0 Å². The summed E-state index contributed by atoms with van der Waals surface area (Å²) in [5, 5.41) is 4.60. The van der Waals surface area contributed by atoms with E-state index in [0.717, 1.165) is 44.1 Å². The molecule has 2 aromatic heterocycles. The standard InChI is InChI=1S/C19H28N6O/c1-16(22-9-2-3-10-22)4-7-19(26)24-14-12-23(13-15-24)18-6-5-17-20-8-11-25(17)21-18/h5-6,8,11,16H,2-4,7,9-10,12-15H2,1H3. The lowest BCUT2D eigenvalue weighted by atomic mass is 10.1. The normalized spacial score (nSPS) is 20.0. The Kier molecular flexibility index (Phi) is 5.06. The van der Waals surface area contributed by atoms with Crippen LogP contribution in [0, 0.1) is 0 Å². The molecular formula is C19H28N6O. The SMILES string of the molecule is CC(CCC(=O)N1CCN(c2ccc3nccn3n2)CC1)N1CCCC1. The van der Waals surface area contributed by atoms with Crippen molar-refractivity contribution >= 4 is 17.4 Å². The lowest BCUT2D eigenvalue weighted by Crippen LogP contribution is -2.49. The highest BCUT2D eigenvalue weighted by atomic mass is 16.2. The van der Waals surface area contributed by atoms with Crippen molar-refractivity contribution in [2.24, 2.45) is 0 Å². The number of carbonyl (C=O) groups is 1. The predicted molar refractivity (Wildman–Crippen MR) is 101 cm³/mol. The monoisotopic (exact) mass is 356 g/mol. The van der Waals surface area contributed by atoms with Gasteiger partial charge in [0, 0.05) is 51.0 Å². The average Bonchev–Trinajstić information content (AvgIpc) is 3.37. The van der Waals surface area contributed by atoms with E-state index < -0.39 is 0 Å². The van der Waals surface area contributed by atoms with Gasteiger partial charge in [-0.2, -0.15) is 0 Å². The summed E-state index contributed by atoms with van der Waals surface area (Å²) in [6, 6.07) is 4.52. The van der Waals surface area contributed by atoms with E-state index >= 15 is 0 Å². The fourth-order valence-corrected chi connectivity index (χ4v) is 4.01. The molecule has 2 fully saturated rings. The molecular weight excluding hydrogens is 328 g/mol. The Bertz CT molecular complexity index is 745. The minimum absolute atomic E-state index is 0.300. The number of hydrogen-bond donors (Lipinski definition) is 0. The van der Waals surface area contributed by atoms with Gasteiger partial charge in [0.1, 0.15) is 5.82 Å². The lowest BCUT2D eigenvalue weighted by Gasteiger charge is -2.35. The van der Waals surface area contributed by atoms with Gasteiger partial charge in [0.05, 0.1) is 0 Å². The summed E-state index contributed by atoms with van der Waals surface area (Å²) < 4.78 is 1.80. The fourth-order valence-electron chi connectivity index (χ4n) is 4.01. The zero-order chi connectivity index (χ0) is 17.9. The Morgan fingerprint density at radius 1 is 1.12 bits per heavy atom. The summed E-state index contributed by atoms with van der Waals surface area (Å²) >= 11 is 0. The molecule has 140 valence electrons. The highest BCUT2D eigenvalue weighted by Crippen LogP contribution is 2.17. The number of nitrogens with zero attached hydrogens (tertiary/aromatic N) is 6. The Labute approximate surface area is 154 Å². The maximum atomic E-state index is 12.6. The van der Waals surface area contributed by atoms with Crippen molar-refractivity contribution in [3.8, 4) is 0 Å². The third-order valence-corrected chi connectivity index (χ3v) is 5.74. The Hall–Kier alpha value is -2.15. The zero-order valence-corrected chi connectivity index (χ0v) is 15.5. The molecule has 0 aliphatic carbocycles. The lowest BCUT2D eigenvalue weighted by molar-refractivity contribution is -0.131. The molecule has 0 bridgehead atoms. The molecule has 2 aromatic rings. The van der Waals surface area contributed by atoms with Crippen LogP contribution in [0.4, 0.5) is 5.82 Å². The number of piperazine rings is 1. The number of anilines is 1. The van der Waals surface area contributed by atoms with Crippen LogP contribution in [0.25, 0.3) is 5.65 Å². The number of rotatable bonds is 5. The minimum atomic E-state index is 0.300. The summed E-state index contributed by atoms with van der Waals surface area (Å²) in [6.07, 6.45) is 7.86. The largest absolute Gasteiger partial charge is 0.352 e. The van der Waals surface area contributed by atoms with Gasteiger partial charge in [0.2, 0.25) is 5.91 Å². The van der Waals surface area contributed by atoms with Crippen molar-refractivity contribution in [3.05, 3.63) is 24.5 Å². The zero-order valence-electron chi connectivity index (χ0n) is 15.5. The van der Waals surface area contributed by atoms with Gasteiger partial charge >= 0.3 is 0 Å². The van der Waals surface area contributed by atoms with E-state index in [2.05, 4.69) is 26.8 Å². The molecule has 4 heterocycles. The van der Waals surface area contributed by atoms with Gasteiger partial charge in [-0.05, 0) is 51.4 Å². The first-order chi connectivity index (χ1) is 12.7. The number of hydrogen-bond acceptors (Lipinski definition) is 5. The van der Waals surface area contributed by atoms with E-state index in [-0.39, 0.29) is 0 Å². The first-order valence-corrected chi connectivity index (χ1v) is 9.78. The van der Waals surface area contributed by atoms with E-state index in [1.165, 1.54) is 25.9 Å². The molecule has 4 rings (SSSR count). The molecule has 7 heteroatoms. The van der Waals surface area contributed by atoms with E-state index in [4.69, 9.17) is 0 Å². The second-order valence-corrected chi connectivity index (χ2v) is 7.42. The van der Waals surface area contributed by atoms with Gasteiger partial charge in [0.15, 0.2) is 5.65 Å². The first kappa shape index (κ1) is 17.3. The van der Waals surface area contributed by atoms with Crippen LogP contribution in [0.1, 0.15) is 32.6 Å². The van der Waals surface area contributed by atoms with Crippen molar-refractivity contribution in [3.63, 3.8) is 0 Å². The molecule has 0 aromatic carbocycles. The summed E-state index contributed by atoms with van der Waals surface area (Å²) in [5.41, 5.74) is 0.856. The molecule has 1 amide bonds. The summed E-state index contributed by atoms with van der Waals surface area (Å²) in [5.74, 6) is 1.25. The van der Waals surface area contributed by atoms with E-state index in [1.54, 1.807) is 10.7 Å². The van der Waals surface area contributed by atoms with Crippen molar-refractivity contribution in [2.45, 2.75) is 38.6 Å². The Balaban J connectivity index is 1.26. The number of aromatic nitrogens is 3. The maximum Gasteiger partial charge on any atom is 0.222 e. The molecule has 2 aliphatic rings. The van der Waals surface area contributed by atoms with Crippen molar-refractivity contribution in [1.29, 1.82) is 0 Å². The third-order valence-electron chi connectivity index (χ3n) is 5.74. The second-order valence-electron chi connectivity index (χ2n) is 7.42. The Morgan fingerprint density at radius 3 is 2.65 bits per heavy atom. The molecule has 0 spiro atoms. The quantitative estimate of drug-likeness (QED) is 0.815. The highest BCUT2D eigenvalue weighted by molar-refractivity contribution is 5.76. The van der Waals surface area contributed by atoms with Gasteiger partial charge in [-0.25, -0.2) is 9.50 Å². The van der Waals surface area contributed by atoms with E-state index in [0.29, 0.717) is 18.4 Å². The fraction of sp³-hybridized carbons (Fsp3) is 0.632. The summed E-state index contributed by atoms with van der Waals surface area (Å²) in [4.78, 5) is 23.6. The topological polar surface area (TPSA) is 57.0 Å². The van der Waals surface area contributed by atoms with E-state index in [9.17, 15) is 4.79 Å². The third kappa shape index (κ3) is 3.67. The average molecular weight is 356 g/mol. The Morgan fingerprint density at radius 2 is 1.88 bits per heavy atom. The molecule has 0 radical (unpaired) electrons. The van der Waals surface area contributed by atoms with Crippen molar-refractivity contribution in [2.75, 3.05) is 44.2 Å². The number of likely N-dealkylation sites (tertiary alicyclic amines) is 1. The molecule has 1 atom stereocenters. The van der Waals surface area contributed by atoms with Crippen molar-refractivity contribution in [1.82, 2.24) is 24.4 Å². The van der Waals surface area contributed by atoms with Gasteiger partial charge in [-0.1, -0.05) is 0 Å². The molecule has 0 N–H and O–H groups in total. The van der Waals surface area contributed by atoms with E-state index in [1.807, 2.05) is 23.2 Å². The van der Waals surface area contributed by atoms with Gasteiger partial charge in [-0.3, -0.25) is 4.79 Å². The van der Waals surface area contributed by atoms with Crippen molar-refractivity contribution < 1.29 is 4.79 Å². The number of imidazole rings is 1. The van der Waals surface area contributed by atoms with Crippen LogP contribution in [-0.2, 0) is 4.79 Å². The first-order valence-electron chi connectivity index (χ1n) is 9.78. The van der Waals surface area contributed by atoms with Crippen LogP contribution < -0.4 is 4.90 Å². The smallest absolute Gasteiger partial charge is 0.222 e. The van der Waals surface area contributed by atoms with Crippen LogP contribution in [0.5, 0.6) is 0 Å². The molecule has 7 nitrogen and oxygen atoms in total. The second kappa shape index (κ2) is 7.61. The molecule has 0 saturated carbocycles. The molecule has 1 unspecified atom stereocenters. The van der Waals surface area contributed by atoms with Gasteiger partial charge < -0.3 is 14.7 Å².